The number of anilines is 2. The van der Waals surface area contributed by atoms with E-state index < -0.39 is 0 Å². The number of nitrogen functional groups attached to an aromatic ring is 1. The Hall–Kier alpha value is -1.29. The standard InChI is InChI=1S/C14H23N3O/c1-10-11(15)6-7-12(16-10)17-8-13(2,3)18-14(4,5)9-17/h6-7H,8-9,15H2,1-5H3. The van der Waals surface area contributed by atoms with Crippen molar-refractivity contribution in [1.82, 2.24) is 4.98 Å². The van der Waals surface area contributed by atoms with Crippen LogP contribution in [0.15, 0.2) is 12.1 Å². The highest BCUT2D eigenvalue weighted by molar-refractivity contribution is 5.51. The van der Waals surface area contributed by atoms with E-state index in [1.807, 2.05) is 19.1 Å². The molecule has 0 atom stereocenters. The summed E-state index contributed by atoms with van der Waals surface area (Å²) in [6.07, 6.45) is 0. The van der Waals surface area contributed by atoms with Gasteiger partial charge in [-0.2, -0.15) is 0 Å². The molecule has 0 amide bonds. The van der Waals surface area contributed by atoms with Crippen LogP contribution in [0.1, 0.15) is 33.4 Å². The van der Waals surface area contributed by atoms with Crippen molar-refractivity contribution in [3.05, 3.63) is 17.8 Å². The van der Waals surface area contributed by atoms with Crippen molar-refractivity contribution < 1.29 is 4.74 Å². The third-order valence-corrected chi connectivity index (χ3v) is 3.13. The summed E-state index contributed by atoms with van der Waals surface area (Å²) < 4.78 is 6.07. The van der Waals surface area contributed by atoms with Crippen LogP contribution in [-0.2, 0) is 4.74 Å². The van der Waals surface area contributed by atoms with Gasteiger partial charge in [-0.3, -0.25) is 0 Å². The fourth-order valence-corrected chi connectivity index (χ4v) is 2.68. The number of nitrogens with zero attached hydrogens (tertiary/aromatic N) is 2. The van der Waals surface area contributed by atoms with E-state index in [9.17, 15) is 0 Å². The number of rotatable bonds is 1. The minimum Gasteiger partial charge on any atom is -0.397 e. The number of morpholine rings is 1. The Morgan fingerprint density at radius 3 is 2.22 bits per heavy atom. The molecule has 1 aromatic rings. The molecule has 0 aromatic carbocycles. The molecule has 4 heteroatoms. The molecule has 2 heterocycles. The molecule has 1 aromatic heterocycles. The molecule has 1 aliphatic heterocycles. The molecule has 0 saturated carbocycles. The summed E-state index contributed by atoms with van der Waals surface area (Å²) in [5.74, 6) is 0.978. The Morgan fingerprint density at radius 1 is 1.17 bits per heavy atom. The van der Waals surface area contributed by atoms with Gasteiger partial charge in [0.25, 0.3) is 0 Å². The van der Waals surface area contributed by atoms with Gasteiger partial charge in [0.05, 0.1) is 22.6 Å². The highest BCUT2D eigenvalue weighted by Gasteiger charge is 2.38. The Balaban J connectivity index is 2.29. The monoisotopic (exact) mass is 249 g/mol. The van der Waals surface area contributed by atoms with Crippen LogP contribution in [0.3, 0.4) is 0 Å². The van der Waals surface area contributed by atoms with Gasteiger partial charge < -0.3 is 15.4 Å². The van der Waals surface area contributed by atoms with Gasteiger partial charge in [0, 0.05) is 13.1 Å². The molecule has 0 aliphatic carbocycles. The van der Waals surface area contributed by atoms with Crippen molar-refractivity contribution in [2.45, 2.75) is 45.8 Å². The number of ether oxygens (including phenoxy) is 1. The zero-order valence-corrected chi connectivity index (χ0v) is 11.9. The summed E-state index contributed by atoms with van der Waals surface area (Å²) in [5, 5.41) is 0. The Bertz CT molecular complexity index is 438. The van der Waals surface area contributed by atoms with Crippen LogP contribution in [0.25, 0.3) is 0 Å². The predicted molar refractivity (Wildman–Crippen MR) is 74.8 cm³/mol. The largest absolute Gasteiger partial charge is 0.397 e. The average Bonchev–Trinajstić information content (AvgIpc) is 2.17. The van der Waals surface area contributed by atoms with Crippen molar-refractivity contribution in [2.75, 3.05) is 23.7 Å². The maximum absolute atomic E-state index is 6.07. The van der Waals surface area contributed by atoms with E-state index in [4.69, 9.17) is 10.5 Å². The fraction of sp³-hybridized carbons (Fsp3) is 0.643. The Kier molecular flexibility index (Phi) is 3.01. The Morgan fingerprint density at radius 2 is 1.72 bits per heavy atom. The van der Waals surface area contributed by atoms with Gasteiger partial charge in [-0.15, -0.1) is 0 Å². The molecule has 1 saturated heterocycles. The maximum atomic E-state index is 6.07. The van der Waals surface area contributed by atoms with Crippen LogP contribution in [0.5, 0.6) is 0 Å². The summed E-state index contributed by atoms with van der Waals surface area (Å²) in [6.45, 7) is 12.1. The van der Waals surface area contributed by atoms with Gasteiger partial charge in [-0.1, -0.05) is 0 Å². The van der Waals surface area contributed by atoms with E-state index in [0.29, 0.717) is 0 Å². The molecule has 0 unspecified atom stereocenters. The second-order valence-corrected chi connectivity index (χ2v) is 6.32. The van der Waals surface area contributed by atoms with Crippen LogP contribution in [0.2, 0.25) is 0 Å². The highest BCUT2D eigenvalue weighted by Crippen LogP contribution is 2.31. The predicted octanol–water partition coefficient (Wildman–Crippen LogP) is 2.37. The second-order valence-electron chi connectivity index (χ2n) is 6.32. The molecular formula is C14H23N3O. The van der Waals surface area contributed by atoms with Gasteiger partial charge >= 0.3 is 0 Å². The van der Waals surface area contributed by atoms with Gasteiger partial charge in [-0.05, 0) is 46.8 Å². The number of hydrogen-bond donors (Lipinski definition) is 1. The lowest BCUT2D eigenvalue weighted by molar-refractivity contribution is -0.133. The van der Waals surface area contributed by atoms with Crippen molar-refractivity contribution in [2.24, 2.45) is 0 Å². The van der Waals surface area contributed by atoms with Crippen molar-refractivity contribution in [3.8, 4) is 0 Å². The number of aryl methyl sites for hydroxylation is 1. The number of aromatic nitrogens is 1. The first kappa shape index (κ1) is 13.1. The molecular weight excluding hydrogens is 226 g/mol. The lowest BCUT2D eigenvalue weighted by atomic mass is 9.99. The van der Waals surface area contributed by atoms with E-state index in [2.05, 4.69) is 37.6 Å². The van der Waals surface area contributed by atoms with Crippen molar-refractivity contribution in [1.29, 1.82) is 0 Å². The van der Waals surface area contributed by atoms with Crippen LogP contribution in [0.4, 0.5) is 11.5 Å². The minimum absolute atomic E-state index is 0.168. The molecule has 2 rings (SSSR count). The molecule has 1 fully saturated rings. The summed E-state index contributed by atoms with van der Waals surface area (Å²) in [7, 11) is 0. The van der Waals surface area contributed by atoms with Gasteiger partial charge in [0.1, 0.15) is 5.82 Å². The average molecular weight is 249 g/mol. The van der Waals surface area contributed by atoms with Crippen LogP contribution in [-0.4, -0.2) is 29.3 Å². The lowest BCUT2D eigenvalue weighted by Crippen LogP contribution is -2.57. The van der Waals surface area contributed by atoms with E-state index in [1.165, 1.54) is 0 Å². The Labute approximate surface area is 109 Å². The zero-order chi connectivity index (χ0) is 13.6. The first-order valence-electron chi connectivity index (χ1n) is 6.37. The number of pyridine rings is 1. The number of nitrogens with two attached hydrogens (primary N) is 1. The molecule has 2 N–H and O–H groups in total. The van der Waals surface area contributed by atoms with Gasteiger partial charge in [0.15, 0.2) is 0 Å². The molecule has 1 aliphatic rings. The van der Waals surface area contributed by atoms with E-state index in [0.717, 1.165) is 30.3 Å². The maximum Gasteiger partial charge on any atom is 0.129 e. The number of hydrogen-bond acceptors (Lipinski definition) is 4. The SMILES string of the molecule is Cc1nc(N2CC(C)(C)OC(C)(C)C2)ccc1N. The highest BCUT2D eigenvalue weighted by atomic mass is 16.5. The topological polar surface area (TPSA) is 51.4 Å². The third-order valence-electron chi connectivity index (χ3n) is 3.13. The van der Waals surface area contributed by atoms with Crippen molar-refractivity contribution in [3.63, 3.8) is 0 Å². The first-order valence-corrected chi connectivity index (χ1v) is 6.37. The quantitative estimate of drug-likeness (QED) is 0.830. The smallest absolute Gasteiger partial charge is 0.129 e. The fourth-order valence-electron chi connectivity index (χ4n) is 2.68. The van der Waals surface area contributed by atoms with Gasteiger partial charge in [-0.25, -0.2) is 4.98 Å². The van der Waals surface area contributed by atoms with Crippen LogP contribution >= 0.6 is 0 Å². The molecule has 0 bridgehead atoms. The summed E-state index contributed by atoms with van der Waals surface area (Å²) in [4.78, 5) is 6.85. The van der Waals surface area contributed by atoms with Crippen LogP contribution < -0.4 is 10.6 Å². The normalized spacial score (nSPS) is 21.9. The van der Waals surface area contributed by atoms with E-state index in [1.54, 1.807) is 0 Å². The summed E-state index contributed by atoms with van der Waals surface area (Å²) in [6, 6.07) is 3.91. The lowest BCUT2D eigenvalue weighted by Gasteiger charge is -2.47. The third kappa shape index (κ3) is 2.75. The second kappa shape index (κ2) is 4.12. The van der Waals surface area contributed by atoms with Gasteiger partial charge in [0.2, 0.25) is 0 Å². The first-order chi connectivity index (χ1) is 8.19. The molecule has 18 heavy (non-hydrogen) atoms. The van der Waals surface area contributed by atoms with Crippen molar-refractivity contribution >= 4 is 11.5 Å². The minimum atomic E-state index is -0.168. The van der Waals surface area contributed by atoms with E-state index in [-0.39, 0.29) is 11.2 Å². The summed E-state index contributed by atoms with van der Waals surface area (Å²) in [5.41, 5.74) is 7.11. The summed E-state index contributed by atoms with van der Waals surface area (Å²) >= 11 is 0. The molecule has 0 radical (unpaired) electrons. The zero-order valence-electron chi connectivity index (χ0n) is 11.9. The van der Waals surface area contributed by atoms with Crippen LogP contribution in [0, 0.1) is 6.92 Å². The molecule has 100 valence electrons. The van der Waals surface area contributed by atoms with E-state index >= 15 is 0 Å². The molecule has 4 nitrogen and oxygen atoms in total. The molecule has 0 spiro atoms.